The van der Waals surface area contributed by atoms with Crippen molar-refractivity contribution in [3.05, 3.63) is 29.3 Å². The van der Waals surface area contributed by atoms with Crippen LogP contribution < -0.4 is 10.1 Å². The number of hydrogen-bond acceptors (Lipinski definition) is 3. The molecule has 0 bridgehead atoms. The molecule has 2 N–H and O–H groups in total. The summed E-state index contributed by atoms with van der Waals surface area (Å²) in [7, 11) is 0. The van der Waals surface area contributed by atoms with Crippen molar-refractivity contribution in [2.75, 3.05) is 0 Å². The number of hydrogen-bond donors (Lipinski definition) is 2. The SMILES string of the molecule is Cc1ccc(C(C)C)c(OC(C)C(=O)NC(C)C(C)C(=O)O)c1. The molecule has 0 heterocycles. The van der Waals surface area contributed by atoms with Crippen molar-refractivity contribution in [1.29, 1.82) is 0 Å². The number of rotatable bonds is 7. The highest BCUT2D eigenvalue weighted by Crippen LogP contribution is 2.28. The van der Waals surface area contributed by atoms with E-state index in [2.05, 4.69) is 19.2 Å². The highest BCUT2D eigenvalue weighted by molar-refractivity contribution is 5.82. The van der Waals surface area contributed by atoms with Crippen LogP contribution in [-0.4, -0.2) is 29.1 Å². The Labute approximate surface area is 138 Å². The van der Waals surface area contributed by atoms with Gasteiger partial charge in [-0.1, -0.05) is 26.0 Å². The van der Waals surface area contributed by atoms with Crippen molar-refractivity contribution in [2.45, 2.75) is 59.6 Å². The number of nitrogens with one attached hydrogen (secondary N) is 1. The van der Waals surface area contributed by atoms with Crippen molar-refractivity contribution >= 4 is 11.9 Å². The van der Waals surface area contributed by atoms with E-state index in [0.717, 1.165) is 11.1 Å². The average molecular weight is 321 g/mol. The molecule has 0 aliphatic heterocycles. The number of carbonyl (C=O) groups excluding carboxylic acids is 1. The van der Waals surface area contributed by atoms with Gasteiger partial charge in [0.25, 0.3) is 5.91 Å². The van der Waals surface area contributed by atoms with Crippen LogP contribution in [0.25, 0.3) is 0 Å². The van der Waals surface area contributed by atoms with Crippen LogP contribution >= 0.6 is 0 Å². The lowest BCUT2D eigenvalue weighted by Gasteiger charge is -2.22. The van der Waals surface area contributed by atoms with E-state index in [1.54, 1.807) is 20.8 Å². The highest BCUT2D eigenvalue weighted by atomic mass is 16.5. The Morgan fingerprint density at radius 1 is 1.13 bits per heavy atom. The number of aliphatic carboxylic acids is 1. The van der Waals surface area contributed by atoms with Crippen LogP contribution in [0.2, 0.25) is 0 Å². The quantitative estimate of drug-likeness (QED) is 0.809. The van der Waals surface area contributed by atoms with Crippen LogP contribution in [0.4, 0.5) is 0 Å². The first kappa shape index (κ1) is 19.0. The molecule has 5 nitrogen and oxygen atoms in total. The maximum absolute atomic E-state index is 12.2. The number of ether oxygens (including phenoxy) is 1. The van der Waals surface area contributed by atoms with Gasteiger partial charge in [-0.2, -0.15) is 0 Å². The van der Waals surface area contributed by atoms with E-state index in [4.69, 9.17) is 9.84 Å². The summed E-state index contributed by atoms with van der Waals surface area (Å²) >= 11 is 0. The second kappa shape index (κ2) is 7.99. The molecule has 0 aliphatic carbocycles. The maximum Gasteiger partial charge on any atom is 0.308 e. The Bertz CT molecular complexity index is 568. The lowest BCUT2D eigenvalue weighted by atomic mass is 10.0. The van der Waals surface area contributed by atoms with E-state index >= 15 is 0 Å². The smallest absolute Gasteiger partial charge is 0.308 e. The number of carbonyl (C=O) groups is 2. The minimum atomic E-state index is -0.938. The van der Waals surface area contributed by atoms with Gasteiger partial charge in [0.2, 0.25) is 0 Å². The first-order valence-corrected chi connectivity index (χ1v) is 7.93. The third kappa shape index (κ3) is 5.27. The maximum atomic E-state index is 12.2. The van der Waals surface area contributed by atoms with Gasteiger partial charge in [0.05, 0.1) is 5.92 Å². The fraction of sp³-hybridized carbons (Fsp3) is 0.556. The summed E-state index contributed by atoms with van der Waals surface area (Å²) in [6, 6.07) is 5.48. The first-order chi connectivity index (χ1) is 10.6. The van der Waals surface area contributed by atoms with Crippen molar-refractivity contribution in [3.63, 3.8) is 0 Å². The molecule has 0 saturated carbocycles. The number of carboxylic acids is 1. The molecule has 1 rings (SSSR count). The second-order valence-corrected chi connectivity index (χ2v) is 6.38. The standard InChI is InChI=1S/C18H27NO4/c1-10(2)15-8-7-11(3)9-16(15)23-14(6)17(20)19-13(5)12(4)18(21)22/h7-10,12-14H,1-6H3,(H,19,20)(H,21,22). The molecule has 0 radical (unpaired) electrons. The van der Waals surface area contributed by atoms with E-state index in [9.17, 15) is 9.59 Å². The zero-order valence-electron chi connectivity index (χ0n) is 14.7. The molecule has 1 aromatic carbocycles. The molecule has 0 fully saturated rings. The summed E-state index contributed by atoms with van der Waals surface area (Å²) < 4.78 is 5.83. The molecular weight excluding hydrogens is 294 g/mol. The molecule has 3 atom stereocenters. The molecule has 5 heteroatoms. The van der Waals surface area contributed by atoms with Crippen molar-refractivity contribution in [1.82, 2.24) is 5.32 Å². The zero-order chi connectivity index (χ0) is 17.7. The molecule has 0 aliphatic rings. The summed E-state index contributed by atoms with van der Waals surface area (Å²) in [4.78, 5) is 23.2. The number of carboxylic acid groups (broad SMARTS) is 1. The van der Waals surface area contributed by atoms with Gasteiger partial charge in [0.15, 0.2) is 6.10 Å². The van der Waals surface area contributed by atoms with Gasteiger partial charge in [-0.05, 0) is 50.8 Å². The summed E-state index contributed by atoms with van der Waals surface area (Å²) in [6.45, 7) is 11.0. The Morgan fingerprint density at radius 3 is 2.26 bits per heavy atom. The van der Waals surface area contributed by atoms with E-state index in [1.165, 1.54) is 0 Å². The predicted molar refractivity (Wildman–Crippen MR) is 89.8 cm³/mol. The van der Waals surface area contributed by atoms with E-state index in [0.29, 0.717) is 5.75 Å². The molecule has 3 unspecified atom stereocenters. The normalized spacial score (nSPS) is 14.9. The van der Waals surface area contributed by atoms with Gasteiger partial charge >= 0.3 is 5.97 Å². The minimum Gasteiger partial charge on any atom is -0.481 e. The van der Waals surface area contributed by atoms with Crippen LogP contribution in [0.5, 0.6) is 5.75 Å². The van der Waals surface area contributed by atoms with Gasteiger partial charge in [-0.3, -0.25) is 9.59 Å². The van der Waals surface area contributed by atoms with Crippen molar-refractivity contribution in [2.24, 2.45) is 5.92 Å². The van der Waals surface area contributed by atoms with Crippen LogP contribution in [0, 0.1) is 12.8 Å². The minimum absolute atomic E-state index is 0.284. The zero-order valence-corrected chi connectivity index (χ0v) is 14.7. The fourth-order valence-corrected chi connectivity index (χ4v) is 2.15. The molecule has 23 heavy (non-hydrogen) atoms. The molecular formula is C18H27NO4. The van der Waals surface area contributed by atoms with Gasteiger partial charge in [-0.25, -0.2) is 0 Å². The van der Waals surface area contributed by atoms with E-state index < -0.39 is 24.0 Å². The van der Waals surface area contributed by atoms with E-state index in [-0.39, 0.29) is 11.8 Å². The largest absolute Gasteiger partial charge is 0.481 e. The molecule has 1 amide bonds. The monoisotopic (exact) mass is 321 g/mol. The third-order valence-electron chi connectivity index (χ3n) is 3.97. The molecule has 0 spiro atoms. The Hall–Kier alpha value is -2.04. The lowest BCUT2D eigenvalue weighted by Crippen LogP contribution is -2.45. The first-order valence-electron chi connectivity index (χ1n) is 7.93. The number of amides is 1. The molecule has 128 valence electrons. The predicted octanol–water partition coefficient (Wildman–Crippen LogP) is 3.11. The van der Waals surface area contributed by atoms with Gasteiger partial charge < -0.3 is 15.2 Å². The summed E-state index contributed by atoms with van der Waals surface area (Å²) in [5.74, 6) is -0.932. The summed E-state index contributed by atoms with van der Waals surface area (Å²) in [5, 5.41) is 11.7. The van der Waals surface area contributed by atoms with Crippen molar-refractivity contribution in [3.8, 4) is 5.75 Å². The van der Waals surface area contributed by atoms with Gasteiger partial charge in [0.1, 0.15) is 5.75 Å². The van der Waals surface area contributed by atoms with Crippen LogP contribution in [-0.2, 0) is 9.59 Å². The van der Waals surface area contributed by atoms with Crippen LogP contribution in [0.3, 0.4) is 0 Å². The van der Waals surface area contributed by atoms with Crippen LogP contribution in [0.15, 0.2) is 18.2 Å². The summed E-state index contributed by atoms with van der Waals surface area (Å²) in [5.41, 5.74) is 2.10. The Morgan fingerprint density at radius 2 is 1.74 bits per heavy atom. The molecule has 1 aromatic rings. The molecule has 0 saturated heterocycles. The van der Waals surface area contributed by atoms with E-state index in [1.807, 2.05) is 25.1 Å². The lowest BCUT2D eigenvalue weighted by molar-refractivity contribution is -0.142. The fourth-order valence-electron chi connectivity index (χ4n) is 2.15. The Kier molecular flexibility index (Phi) is 6.61. The average Bonchev–Trinajstić information content (AvgIpc) is 2.45. The van der Waals surface area contributed by atoms with Crippen molar-refractivity contribution < 1.29 is 19.4 Å². The van der Waals surface area contributed by atoms with Gasteiger partial charge in [-0.15, -0.1) is 0 Å². The number of benzene rings is 1. The summed E-state index contributed by atoms with van der Waals surface area (Å²) in [6.07, 6.45) is -0.697. The highest BCUT2D eigenvalue weighted by Gasteiger charge is 2.24. The second-order valence-electron chi connectivity index (χ2n) is 6.38. The topological polar surface area (TPSA) is 75.6 Å². The molecule has 0 aromatic heterocycles. The third-order valence-corrected chi connectivity index (χ3v) is 3.97. The Balaban J connectivity index is 2.79. The number of aryl methyl sites for hydroxylation is 1. The van der Waals surface area contributed by atoms with Crippen LogP contribution in [0.1, 0.15) is 51.7 Å². The van der Waals surface area contributed by atoms with Gasteiger partial charge in [0, 0.05) is 6.04 Å².